The lowest BCUT2D eigenvalue weighted by atomic mass is 9.95. The number of aromatic nitrogens is 2. The zero-order valence-electron chi connectivity index (χ0n) is 10.7. The van der Waals surface area contributed by atoms with Crippen molar-refractivity contribution in [3.05, 3.63) is 47.3 Å². The van der Waals surface area contributed by atoms with Crippen LogP contribution in [0.4, 0.5) is 5.95 Å². The minimum Gasteiger partial charge on any atom is -0.478 e. The first-order valence-electron chi connectivity index (χ1n) is 6.23. The van der Waals surface area contributed by atoms with Gasteiger partial charge in [-0.25, -0.2) is 9.78 Å². The third-order valence-corrected chi connectivity index (χ3v) is 3.57. The van der Waals surface area contributed by atoms with E-state index in [1.54, 1.807) is 12.3 Å². The molecule has 5 nitrogen and oxygen atoms in total. The van der Waals surface area contributed by atoms with Gasteiger partial charge in [0.2, 0.25) is 5.95 Å². The summed E-state index contributed by atoms with van der Waals surface area (Å²) in [5.74, 6) is 0.0775. The smallest absolute Gasteiger partial charge is 0.335 e. The minimum atomic E-state index is -0.845. The van der Waals surface area contributed by atoms with Crippen LogP contribution in [-0.2, 0) is 20.0 Å². The molecule has 0 amide bonds. The Labute approximate surface area is 111 Å². The van der Waals surface area contributed by atoms with Crippen LogP contribution in [0.2, 0.25) is 0 Å². The molecule has 1 aliphatic heterocycles. The van der Waals surface area contributed by atoms with Gasteiger partial charge in [-0.1, -0.05) is 12.1 Å². The number of carboxylic acids is 1. The van der Waals surface area contributed by atoms with E-state index < -0.39 is 5.97 Å². The molecule has 0 saturated heterocycles. The number of aromatic carboxylic acids is 1. The topological polar surface area (TPSA) is 58.4 Å². The molecule has 0 atom stereocenters. The summed E-state index contributed by atoms with van der Waals surface area (Å²) < 4.78 is 1.98. The summed E-state index contributed by atoms with van der Waals surface area (Å²) in [6, 6.07) is 5.48. The molecule has 1 aromatic carbocycles. The Morgan fingerprint density at radius 3 is 2.95 bits per heavy atom. The highest BCUT2D eigenvalue weighted by molar-refractivity contribution is 5.90. The van der Waals surface area contributed by atoms with Crippen LogP contribution in [0.1, 0.15) is 21.5 Å². The molecular formula is C14H15N3O2. The first-order valence-corrected chi connectivity index (χ1v) is 6.23. The molecule has 1 N–H and O–H groups in total. The fourth-order valence-electron chi connectivity index (χ4n) is 2.64. The first kappa shape index (κ1) is 11.8. The van der Waals surface area contributed by atoms with Gasteiger partial charge in [-0.2, -0.15) is 0 Å². The van der Waals surface area contributed by atoms with Gasteiger partial charge >= 0.3 is 5.97 Å². The third kappa shape index (κ3) is 1.97. The lowest BCUT2D eigenvalue weighted by Crippen LogP contribution is -2.33. The fraction of sp³-hybridized carbons (Fsp3) is 0.286. The average Bonchev–Trinajstić information content (AvgIpc) is 2.83. The molecule has 0 radical (unpaired) electrons. The minimum absolute atomic E-state index is 0.428. The van der Waals surface area contributed by atoms with Gasteiger partial charge in [0.05, 0.1) is 5.56 Å². The number of nitrogens with zero attached hydrogens (tertiary/aromatic N) is 3. The van der Waals surface area contributed by atoms with Gasteiger partial charge in [0.25, 0.3) is 0 Å². The maximum Gasteiger partial charge on any atom is 0.335 e. The van der Waals surface area contributed by atoms with Crippen LogP contribution in [0.15, 0.2) is 30.6 Å². The number of hydrogen-bond donors (Lipinski definition) is 1. The third-order valence-electron chi connectivity index (χ3n) is 3.57. The van der Waals surface area contributed by atoms with Crippen molar-refractivity contribution >= 4 is 11.9 Å². The van der Waals surface area contributed by atoms with Crippen LogP contribution in [0.3, 0.4) is 0 Å². The van der Waals surface area contributed by atoms with E-state index in [2.05, 4.69) is 9.88 Å². The maximum absolute atomic E-state index is 11.2. The van der Waals surface area contributed by atoms with Crippen molar-refractivity contribution in [2.75, 3.05) is 11.4 Å². The Bertz CT molecular complexity index is 633. The number of aryl methyl sites for hydroxylation is 1. The fourth-order valence-corrected chi connectivity index (χ4v) is 2.64. The highest BCUT2D eigenvalue weighted by atomic mass is 16.4. The number of rotatable bonds is 2. The second-order valence-electron chi connectivity index (χ2n) is 4.76. The molecule has 0 spiro atoms. The summed E-state index contributed by atoms with van der Waals surface area (Å²) in [6.07, 6.45) is 4.43. The Hall–Kier alpha value is -2.30. The number of carboxylic acid groups (broad SMARTS) is 1. The number of hydrogen-bond acceptors (Lipinski definition) is 3. The molecule has 2 aromatic rings. The predicted octanol–water partition coefficient (Wildman–Crippen LogP) is 1.68. The van der Waals surface area contributed by atoms with Crippen LogP contribution in [0.25, 0.3) is 0 Å². The molecule has 1 aromatic heterocycles. The van der Waals surface area contributed by atoms with E-state index in [4.69, 9.17) is 0 Å². The van der Waals surface area contributed by atoms with E-state index in [0.717, 1.165) is 30.0 Å². The van der Waals surface area contributed by atoms with Crippen LogP contribution >= 0.6 is 0 Å². The van der Waals surface area contributed by atoms with E-state index in [-0.39, 0.29) is 0 Å². The van der Waals surface area contributed by atoms with Crippen molar-refractivity contribution in [1.82, 2.24) is 9.55 Å². The first-order chi connectivity index (χ1) is 9.16. The van der Waals surface area contributed by atoms with Gasteiger partial charge in [0.1, 0.15) is 0 Å². The SMILES string of the molecule is Cn1ccnc1N1CCc2c(cccc2C(=O)O)C1. The van der Waals surface area contributed by atoms with Crippen molar-refractivity contribution in [3.8, 4) is 0 Å². The van der Waals surface area contributed by atoms with Crippen molar-refractivity contribution < 1.29 is 9.90 Å². The second kappa shape index (κ2) is 4.42. The quantitative estimate of drug-likeness (QED) is 0.889. The van der Waals surface area contributed by atoms with Crippen LogP contribution in [0.5, 0.6) is 0 Å². The zero-order chi connectivity index (χ0) is 13.4. The summed E-state index contributed by atoms with van der Waals surface area (Å²) in [7, 11) is 1.96. The van der Waals surface area contributed by atoms with Gasteiger partial charge in [-0.15, -0.1) is 0 Å². The molecule has 19 heavy (non-hydrogen) atoms. The normalized spacial score (nSPS) is 14.3. The van der Waals surface area contributed by atoms with Crippen LogP contribution in [-0.4, -0.2) is 27.2 Å². The van der Waals surface area contributed by atoms with Gasteiger partial charge in [0.15, 0.2) is 0 Å². The molecule has 0 fully saturated rings. The van der Waals surface area contributed by atoms with Crippen LogP contribution < -0.4 is 4.90 Å². The average molecular weight is 257 g/mol. The molecule has 0 bridgehead atoms. The van der Waals surface area contributed by atoms with Crippen molar-refractivity contribution in [1.29, 1.82) is 0 Å². The van der Waals surface area contributed by atoms with Gasteiger partial charge in [0, 0.05) is 32.5 Å². The number of imidazole rings is 1. The molecule has 0 unspecified atom stereocenters. The monoisotopic (exact) mass is 257 g/mol. The van der Waals surface area contributed by atoms with Gasteiger partial charge in [-0.05, 0) is 23.6 Å². The van der Waals surface area contributed by atoms with E-state index >= 15 is 0 Å². The van der Waals surface area contributed by atoms with Crippen molar-refractivity contribution in [3.63, 3.8) is 0 Å². The number of fused-ring (bicyclic) bond motifs is 1. The summed E-state index contributed by atoms with van der Waals surface area (Å²) in [6.45, 7) is 1.50. The zero-order valence-corrected chi connectivity index (χ0v) is 10.7. The molecular weight excluding hydrogens is 242 g/mol. The molecule has 1 aliphatic rings. The number of carbonyl (C=O) groups is 1. The van der Waals surface area contributed by atoms with E-state index in [1.807, 2.05) is 29.9 Å². The summed E-state index contributed by atoms with van der Waals surface area (Å²) >= 11 is 0. The Morgan fingerprint density at radius 2 is 2.26 bits per heavy atom. The van der Waals surface area contributed by atoms with E-state index in [0.29, 0.717) is 12.1 Å². The van der Waals surface area contributed by atoms with Gasteiger partial charge in [-0.3, -0.25) is 0 Å². The predicted molar refractivity (Wildman–Crippen MR) is 71.4 cm³/mol. The molecule has 2 heterocycles. The highest BCUT2D eigenvalue weighted by Gasteiger charge is 2.22. The molecule has 98 valence electrons. The Balaban J connectivity index is 1.95. The van der Waals surface area contributed by atoms with Crippen LogP contribution in [0, 0.1) is 0 Å². The van der Waals surface area contributed by atoms with Crippen molar-refractivity contribution in [2.24, 2.45) is 7.05 Å². The summed E-state index contributed by atoms with van der Waals surface area (Å²) in [5.41, 5.74) is 2.46. The highest BCUT2D eigenvalue weighted by Crippen LogP contribution is 2.25. The summed E-state index contributed by atoms with van der Waals surface area (Å²) in [4.78, 5) is 17.7. The van der Waals surface area contributed by atoms with E-state index in [1.165, 1.54) is 0 Å². The standard InChI is InChI=1S/C14H15N3O2/c1-16-8-6-15-14(16)17-7-5-11-10(9-17)3-2-4-12(11)13(18)19/h2-4,6,8H,5,7,9H2,1H3,(H,18,19). The van der Waals surface area contributed by atoms with E-state index in [9.17, 15) is 9.90 Å². The van der Waals surface area contributed by atoms with Gasteiger partial charge < -0.3 is 14.6 Å². The number of anilines is 1. The molecule has 0 saturated carbocycles. The maximum atomic E-state index is 11.2. The number of benzene rings is 1. The lowest BCUT2D eigenvalue weighted by molar-refractivity contribution is 0.0695. The van der Waals surface area contributed by atoms with Crippen molar-refractivity contribution in [2.45, 2.75) is 13.0 Å². The molecule has 0 aliphatic carbocycles. The lowest BCUT2D eigenvalue weighted by Gasteiger charge is -2.30. The molecule has 5 heteroatoms. The summed E-state index contributed by atoms with van der Waals surface area (Å²) in [5, 5.41) is 9.20. The largest absolute Gasteiger partial charge is 0.478 e. The Kier molecular flexibility index (Phi) is 2.74. The molecule has 3 rings (SSSR count). The second-order valence-corrected chi connectivity index (χ2v) is 4.76. The Morgan fingerprint density at radius 1 is 1.42 bits per heavy atom.